The topological polar surface area (TPSA) is 69.0 Å². The number of rotatable bonds is 5. The largest absolute Gasteiger partial charge is 0.358 e. The van der Waals surface area contributed by atoms with Crippen LogP contribution in [-0.2, 0) is 9.53 Å². The van der Waals surface area contributed by atoms with Crippen molar-refractivity contribution < 1.29 is 9.53 Å². The second kappa shape index (κ2) is 7.49. The number of ether oxygens (including phenoxy) is 1. The second-order valence-electron chi connectivity index (χ2n) is 6.87. The summed E-state index contributed by atoms with van der Waals surface area (Å²) < 4.78 is 7.65. The van der Waals surface area contributed by atoms with Crippen LogP contribution in [0, 0.1) is 0 Å². The Bertz CT molecular complexity index is 838. The molecule has 6 nitrogen and oxygen atoms in total. The van der Waals surface area contributed by atoms with E-state index in [0.29, 0.717) is 11.5 Å². The summed E-state index contributed by atoms with van der Waals surface area (Å²) >= 11 is 0. The Hall–Kier alpha value is -2.99. The van der Waals surface area contributed by atoms with Gasteiger partial charge in [-0.1, -0.05) is 30.3 Å². The van der Waals surface area contributed by atoms with Crippen molar-refractivity contribution in [3.63, 3.8) is 0 Å². The maximum atomic E-state index is 12.8. The number of amides is 1. The molecule has 1 aromatic carbocycles. The highest BCUT2D eigenvalue weighted by atomic mass is 16.5. The highest BCUT2D eigenvalue weighted by molar-refractivity contribution is 5.94. The first-order valence-electron chi connectivity index (χ1n) is 8.42. The molecule has 2 aromatic heterocycles. The number of anilines is 1. The second-order valence-corrected chi connectivity index (χ2v) is 6.87. The van der Waals surface area contributed by atoms with Crippen LogP contribution >= 0.6 is 0 Å². The molecular weight excluding hydrogens is 328 g/mol. The molecule has 2 heterocycles. The van der Waals surface area contributed by atoms with Crippen LogP contribution in [0.5, 0.6) is 0 Å². The van der Waals surface area contributed by atoms with Crippen molar-refractivity contribution in [3.8, 4) is 5.82 Å². The lowest BCUT2D eigenvalue weighted by Crippen LogP contribution is -2.31. The van der Waals surface area contributed by atoms with Crippen molar-refractivity contribution >= 4 is 11.6 Å². The summed E-state index contributed by atoms with van der Waals surface area (Å²) in [5.74, 6) is 0.443. The average Bonchev–Trinajstić information content (AvgIpc) is 3.15. The third-order valence-corrected chi connectivity index (χ3v) is 3.57. The van der Waals surface area contributed by atoms with Crippen LogP contribution in [-0.4, -0.2) is 26.3 Å². The summed E-state index contributed by atoms with van der Waals surface area (Å²) in [6.45, 7) is 5.78. The Kier molecular flexibility index (Phi) is 5.14. The molecule has 0 bridgehead atoms. The van der Waals surface area contributed by atoms with Crippen LogP contribution in [0.3, 0.4) is 0 Å². The van der Waals surface area contributed by atoms with Gasteiger partial charge in [0.1, 0.15) is 0 Å². The summed E-state index contributed by atoms with van der Waals surface area (Å²) in [5.41, 5.74) is 0.949. The fourth-order valence-corrected chi connectivity index (χ4v) is 2.46. The maximum absolute atomic E-state index is 12.8. The minimum Gasteiger partial charge on any atom is -0.358 e. The van der Waals surface area contributed by atoms with E-state index in [1.807, 2.05) is 63.4 Å². The number of benzene rings is 1. The third kappa shape index (κ3) is 4.55. The molecule has 1 amide bonds. The zero-order valence-electron chi connectivity index (χ0n) is 15.1. The third-order valence-electron chi connectivity index (χ3n) is 3.57. The van der Waals surface area contributed by atoms with Gasteiger partial charge in [0, 0.05) is 12.4 Å². The summed E-state index contributed by atoms with van der Waals surface area (Å²) in [5, 5.41) is 7.01. The first-order chi connectivity index (χ1) is 12.4. The van der Waals surface area contributed by atoms with Gasteiger partial charge in [0.05, 0.1) is 17.5 Å². The normalized spacial score (nSPS) is 12.6. The van der Waals surface area contributed by atoms with Gasteiger partial charge in [-0.3, -0.25) is 4.79 Å². The van der Waals surface area contributed by atoms with E-state index >= 15 is 0 Å². The molecule has 26 heavy (non-hydrogen) atoms. The molecule has 1 N–H and O–H groups in total. The molecular formula is C20H22N4O2. The summed E-state index contributed by atoms with van der Waals surface area (Å²) in [6, 6.07) is 14.9. The molecule has 1 atom stereocenters. The van der Waals surface area contributed by atoms with Crippen molar-refractivity contribution in [1.29, 1.82) is 0 Å². The highest BCUT2D eigenvalue weighted by Crippen LogP contribution is 2.25. The molecule has 3 rings (SSSR count). The maximum Gasteiger partial charge on any atom is 0.258 e. The SMILES string of the molecule is CC(C)(C)OC(C(=O)Nc1ccc(-n2cccn2)nc1)c1ccccc1. The van der Waals surface area contributed by atoms with E-state index in [0.717, 1.165) is 5.56 Å². The number of aromatic nitrogens is 3. The number of nitrogens with zero attached hydrogens (tertiary/aromatic N) is 3. The molecule has 0 aliphatic carbocycles. The highest BCUT2D eigenvalue weighted by Gasteiger charge is 2.27. The van der Waals surface area contributed by atoms with Crippen molar-refractivity contribution in [1.82, 2.24) is 14.8 Å². The van der Waals surface area contributed by atoms with Crippen molar-refractivity contribution in [2.75, 3.05) is 5.32 Å². The van der Waals surface area contributed by atoms with E-state index in [-0.39, 0.29) is 5.91 Å². The Labute approximate surface area is 152 Å². The van der Waals surface area contributed by atoms with Crippen LogP contribution in [0.4, 0.5) is 5.69 Å². The van der Waals surface area contributed by atoms with E-state index in [1.165, 1.54) is 0 Å². The Morgan fingerprint density at radius 2 is 1.88 bits per heavy atom. The van der Waals surface area contributed by atoms with Crippen molar-refractivity contribution in [3.05, 3.63) is 72.7 Å². The number of carbonyl (C=O) groups is 1. The van der Waals surface area contributed by atoms with Crippen LogP contribution < -0.4 is 5.32 Å². The van der Waals surface area contributed by atoms with E-state index in [9.17, 15) is 4.79 Å². The lowest BCUT2D eigenvalue weighted by Gasteiger charge is -2.27. The summed E-state index contributed by atoms with van der Waals surface area (Å²) in [4.78, 5) is 17.1. The Morgan fingerprint density at radius 3 is 2.46 bits per heavy atom. The quantitative estimate of drug-likeness (QED) is 0.761. The number of hydrogen-bond acceptors (Lipinski definition) is 4. The van der Waals surface area contributed by atoms with Crippen molar-refractivity contribution in [2.24, 2.45) is 0 Å². The fraction of sp³-hybridized carbons (Fsp3) is 0.250. The molecule has 0 fully saturated rings. The van der Waals surface area contributed by atoms with Crippen LogP contribution in [0.1, 0.15) is 32.4 Å². The van der Waals surface area contributed by atoms with Crippen molar-refractivity contribution in [2.45, 2.75) is 32.5 Å². The number of carbonyl (C=O) groups excluding carboxylic acids is 1. The monoisotopic (exact) mass is 350 g/mol. The minimum atomic E-state index is -0.706. The van der Waals surface area contributed by atoms with Gasteiger partial charge in [0.2, 0.25) is 0 Å². The van der Waals surface area contributed by atoms with E-state index < -0.39 is 11.7 Å². The van der Waals surface area contributed by atoms with Crippen LogP contribution in [0.2, 0.25) is 0 Å². The zero-order valence-corrected chi connectivity index (χ0v) is 15.1. The van der Waals surface area contributed by atoms with Gasteiger partial charge in [0.15, 0.2) is 11.9 Å². The van der Waals surface area contributed by atoms with Gasteiger partial charge < -0.3 is 10.1 Å². The first-order valence-corrected chi connectivity index (χ1v) is 8.42. The molecule has 0 saturated heterocycles. The molecule has 1 unspecified atom stereocenters. The predicted octanol–water partition coefficient (Wildman–Crippen LogP) is 3.76. The number of pyridine rings is 1. The van der Waals surface area contributed by atoms with E-state index in [1.54, 1.807) is 29.2 Å². The van der Waals surface area contributed by atoms with Crippen LogP contribution in [0.15, 0.2) is 67.1 Å². The van der Waals surface area contributed by atoms with E-state index in [4.69, 9.17) is 4.74 Å². The zero-order chi connectivity index (χ0) is 18.6. The van der Waals surface area contributed by atoms with E-state index in [2.05, 4.69) is 15.4 Å². The molecule has 3 aromatic rings. The molecule has 0 spiro atoms. The molecule has 0 saturated carbocycles. The van der Waals surface area contributed by atoms with Gasteiger partial charge in [-0.25, -0.2) is 9.67 Å². The average molecular weight is 350 g/mol. The lowest BCUT2D eigenvalue weighted by molar-refractivity contribution is -0.137. The molecule has 134 valence electrons. The summed E-state index contributed by atoms with van der Waals surface area (Å²) in [7, 11) is 0. The Morgan fingerprint density at radius 1 is 1.12 bits per heavy atom. The molecule has 0 aliphatic rings. The lowest BCUT2D eigenvalue weighted by atomic mass is 10.1. The smallest absolute Gasteiger partial charge is 0.258 e. The molecule has 0 aliphatic heterocycles. The molecule has 0 radical (unpaired) electrons. The predicted molar refractivity (Wildman–Crippen MR) is 100 cm³/mol. The Balaban J connectivity index is 1.77. The number of nitrogens with one attached hydrogen (secondary N) is 1. The standard InChI is InChI=1S/C20H22N4O2/c1-20(2,3)26-18(15-8-5-4-6-9-15)19(25)23-16-10-11-17(21-14-16)24-13-7-12-22-24/h4-14,18H,1-3H3,(H,23,25). The van der Waals surface area contributed by atoms with Gasteiger partial charge in [-0.05, 0) is 44.5 Å². The summed E-state index contributed by atoms with van der Waals surface area (Å²) in [6.07, 6.45) is 4.39. The number of hydrogen-bond donors (Lipinski definition) is 1. The fourth-order valence-electron chi connectivity index (χ4n) is 2.46. The molecule has 6 heteroatoms. The first kappa shape index (κ1) is 17.8. The minimum absolute atomic E-state index is 0.236. The van der Waals surface area contributed by atoms with Crippen LogP contribution in [0.25, 0.3) is 5.82 Å². The van der Waals surface area contributed by atoms with Gasteiger partial charge >= 0.3 is 0 Å². The van der Waals surface area contributed by atoms with Gasteiger partial charge in [-0.15, -0.1) is 0 Å². The van der Waals surface area contributed by atoms with Gasteiger partial charge in [-0.2, -0.15) is 5.10 Å². The van der Waals surface area contributed by atoms with Gasteiger partial charge in [0.25, 0.3) is 5.91 Å².